The highest BCUT2D eigenvalue weighted by atomic mass is 35.5. The number of amidine groups is 1. The summed E-state index contributed by atoms with van der Waals surface area (Å²) in [6, 6.07) is 19.5. The van der Waals surface area contributed by atoms with E-state index in [0.717, 1.165) is 32.9 Å². The Hall–Kier alpha value is -2.30. The van der Waals surface area contributed by atoms with Gasteiger partial charge in [0, 0.05) is 22.9 Å². The summed E-state index contributed by atoms with van der Waals surface area (Å²) < 4.78 is 0. The van der Waals surface area contributed by atoms with Crippen molar-refractivity contribution in [1.82, 2.24) is 4.90 Å². The van der Waals surface area contributed by atoms with Crippen LogP contribution in [0.2, 0.25) is 5.02 Å². The van der Waals surface area contributed by atoms with E-state index >= 15 is 0 Å². The Morgan fingerprint density at radius 1 is 1.08 bits per heavy atom. The van der Waals surface area contributed by atoms with Crippen LogP contribution in [-0.2, 0) is 0 Å². The number of rotatable bonds is 2. The number of amides is 1. The van der Waals surface area contributed by atoms with Crippen molar-refractivity contribution >= 4 is 50.9 Å². The zero-order chi connectivity index (χ0) is 18.1. The maximum absolute atomic E-state index is 13.0. The van der Waals surface area contributed by atoms with Gasteiger partial charge in [-0.1, -0.05) is 59.8 Å². The molecule has 1 amide bonds. The summed E-state index contributed by atoms with van der Waals surface area (Å²) in [4.78, 5) is 19.5. The van der Waals surface area contributed by atoms with E-state index in [9.17, 15) is 4.79 Å². The number of hydrogen-bond donors (Lipinski definition) is 0. The average Bonchev–Trinajstić information content (AvgIpc) is 3.12. The molecule has 3 aromatic rings. The molecule has 1 aliphatic rings. The molecule has 0 spiro atoms. The number of nitrogens with zero attached hydrogens (tertiary/aromatic N) is 2. The van der Waals surface area contributed by atoms with E-state index in [1.54, 1.807) is 16.7 Å². The van der Waals surface area contributed by atoms with Crippen molar-refractivity contribution in [2.45, 2.75) is 6.92 Å². The Morgan fingerprint density at radius 2 is 1.88 bits per heavy atom. The molecule has 4 rings (SSSR count). The number of benzene rings is 3. The van der Waals surface area contributed by atoms with Crippen LogP contribution in [0, 0.1) is 6.92 Å². The standard InChI is InChI=1S/C21H17ClN2OS/c1-14-18(22)7-4-8-19(14)23-21-24(11-12-26-21)20(25)17-10-9-15-5-2-3-6-16(15)13-17/h2-10,13H,11-12H2,1H3. The normalized spacial score (nSPS) is 15.8. The number of halogens is 1. The molecule has 1 heterocycles. The fourth-order valence-corrected chi connectivity index (χ4v) is 4.10. The quantitative estimate of drug-likeness (QED) is 0.573. The van der Waals surface area contributed by atoms with E-state index in [1.807, 2.05) is 67.6 Å². The Kier molecular flexibility index (Phi) is 4.70. The summed E-state index contributed by atoms with van der Waals surface area (Å²) >= 11 is 7.79. The molecule has 0 aromatic heterocycles. The van der Waals surface area contributed by atoms with Crippen molar-refractivity contribution in [3.8, 4) is 0 Å². The topological polar surface area (TPSA) is 32.7 Å². The highest BCUT2D eigenvalue weighted by molar-refractivity contribution is 8.14. The highest BCUT2D eigenvalue weighted by Crippen LogP contribution is 2.30. The first kappa shape index (κ1) is 17.1. The molecule has 0 N–H and O–H groups in total. The van der Waals surface area contributed by atoms with Crippen molar-refractivity contribution in [3.05, 3.63) is 76.8 Å². The monoisotopic (exact) mass is 380 g/mol. The lowest BCUT2D eigenvalue weighted by Crippen LogP contribution is -2.31. The van der Waals surface area contributed by atoms with E-state index in [2.05, 4.69) is 0 Å². The molecule has 0 radical (unpaired) electrons. The second-order valence-corrected chi connectivity index (χ2v) is 7.61. The largest absolute Gasteiger partial charge is 0.286 e. The summed E-state index contributed by atoms with van der Waals surface area (Å²) in [5.74, 6) is 0.830. The molecule has 0 saturated carbocycles. The van der Waals surface area contributed by atoms with E-state index < -0.39 is 0 Å². The fraction of sp³-hybridized carbons (Fsp3) is 0.143. The minimum atomic E-state index is -0.0146. The van der Waals surface area contributed by atoms with Gasteiger partial charge in [-0.05, 0) is 47.5 Å². The first-order valence-corrected chi connectivity index (χ1v) is 9.77. The van der Waals surface area contributed by atoms with Crippen molar-refractivity contribution in [2.75, 3.05) is 12.3 Å². The molecule has 5 heteroatoms. The van der Waals surface area contributed by atoms with Crippen LogP contribution in [0.15, 0.2) is 65.7 Å². The second-order valence-electron chi connectivity index (χ2n) is 6.15. The Balaban J connectivity index is 1.68. The summed E-state index contributed by atoms with van der Waals surface area (Å²) in [5.41, 5.74) is 2.41. The average molecular weight is 381 g/mol. The predicted octanol–water partition coefficient (Wildman–Crippen LogP) is 5.68. The predicted molar refractivity (Wildman–Crippen MR) is 111 cm³/mol. The van der Waals surface area contributed by atoms with Crippen LogP contribution in [0.3, 0.4) is 0 Å². The summed E-state index contributed by atoms with van der Waals surface area (Å²) in [5, 5.41) is 3.61. The van der Waals surface area contributed by atoms with Crippen molar-refractivity contribution in [1.29, 1.82) is 0 Å². The Bertz CT molecular complexity index is 1030. The SMILES string of the molecule is Cc1c(Cl)cccc1N=C1SCCN1C(=O)c1ccc2ccccc2c1. The zero-order valence-corrected chi connectivity index (χ0v) is 15.8. The number of fused-ring (bicyclic) bond motifs is 1. The molecule has 0 atom stereocenters. The van der Waals surface area contributed by atoms with E-state index in [-0.39, 0.29) is 5.91 Å². The van der Waals surface area contributed by atoms with Gasteiger partial charge in [-0.2, -0.15) is 0 Å². The van der Waals surface area contributed by atoms with E-state index in [0.29, 0.717) is 17.1 Å². The van der Waals surface area contributed by atoms with Crippen molar-refractivity contribution < 1.29 is 4.79 Å². The molecule has 0 aliphatic carbocycles. The molecule has 1 saturated heterocycles. The van der Waals surface area contributed by atoms with Gasteiger partial charge in [0.2, 0.25) is 0 Å². The molecular formula is C21H17ClN2OS. The van der Waals surface area contributed by atoms with Crippen LogP contribution in [0.5, 0.6) is 0 Å². The van der Waals surface area contributed by atoms with Crippen molar-refractivity contribution in [2.24, 2.45) is 4.99 Å². The zero-order valence-electron chi connectivity index (χ0n) is 14.3. The van der Waals surface area contributed by atoms with Gasteiger partial charge in [0.05, 0.1) is 5.69 Å². The fourth-order valence-electron chi connectivity index (χ4n) is 2.98. The minimum absolute atomic E-state index is 0.0146. The summed E-state index contributed by atoms with van der Waals surface area (Å²) in [6.45, 7) is 2.60. The smallest absolute Gasteiger partial charge is 0.259 e. The Labute approximate surface area is 161 Å². The van der Waals surface area contributed by atoms with Crippen LogP contribution >= 0.6 is 23.4 Å². The molecule has 0 unspecified atom stereocenters. The maximum atomic E-state index is 13.0. The van der Waals surface area contributed by atoms with Crippen LogP contribution in [0.1, 0.15) is 15.9 Å². The van der Waals surface area contributed by atoms with Gasteiger partial charge in [-0.15, -0.1) is 0 Å². The van der Waals surface area contributed by atoms with Gasteiger partial charge in [0.25, 0.3) is 5.91 Å². The van der Waals surface area contributed by atoms with Gasteiger partial charge in [-0.3, -0.25) is 9.69 Å². The van der Waals surface area contributed by atoms with Gasteiger partial charge in [0.1, 0.15) is 0 Å². The number of carbonyl (C=O) groups excluding carboxylic acids is 1. The number of aliphatic imine (C=N–C) groups is 1. The molecule has 1 aliphatic heterocycles. The number of thioether (sulfide) groups is 1. The molecule has 0 bridgehead atoms. The molecule has 3 nitrogen and oxygen atoms in total. The molecular weight excluding hydrogens is 364 g/mol. The molecule has 3 aromatic carbocycles. The maximum Gasteiger partial charge on any atom is 0.259 e. The van der Waals surface area contributed by atoms with Crippen LogP contribution in [-0.4, -0.2) is 28.3 Å². The van der Waals surface area contributed by atoms with Crippen LogP contribution in [0.4, 0.5) is 5.69 Å². The van der Waals surface area contributed by atoms with Crippen LogP contribution in [0.25, 0.3) is 10.8 Å². The van der Waals surface area contributed by atoms with Crippen LogP contribution < -0.4 is 0 Å². The number of hydrogen-bond acceptors (Lipinski definition) is 3. The first-order valence-electron chi connectivity index (χ1n) is 8.41. The number of carbonyl (C=O) groups is 1. The van der Waals surface area contributed by atoms with Gasteiger partial charge < -0.3 is 0 Å². The van der Waals surface area contributed by atoms with Gasteiger partial charge in [-0.25, -0.2) is 4.99 Å². The lowest BCUT2D eigenvalue weighted by atomic mass is 10.1. The molecule has 130 valence electrons. The summed E-state index contributed by atoms with van der Waals surface area (Å²) in [7, 11) is 0. The van der Waals surface area contributed by atoms with E-state index in [4.69, 9.17) is 16.6 Å². The minimum Gasteiger partial charge on any atom is -0.286 e. The third-order valence-corrected chi connectivity index (χ3v) is 5.84. The third-order valence-electron chi connectivity index (χ3n) is 4.47. The van der Waals surface area contributed by atoms with Gasteiger partial charge in [0.15, 0.2) is 5.17 Å². The third kappa shape index (κ3) is 3.22. The molecule has 1 fully saturated rings. The first-order chi connectivity index (χ1) is 12.6. The van der Waals surface area contributed by atoms with Crippen molar-refractivity contribution in [3.63, 3.8) is 0 Å². The second kappa shape index (κ2) is 7.14. The molecule has 26 heavy (non-hydrogen) atoms. The van der Waals surface area contributed by atoms with E-state index in [1.165, 1.54) is 0 Å². The van der Waals surface area contributed by atoms with Gasteiger partial charge >= 0.3 is 0 Å². The Morgan fingerprint density at radius 3 is 2.73 bits per heavy atom. The summed E-state index contributed by atoms with van der Waals surface area (Å²) in [6.07, 6.45) is 0. The lowest BCUT2D eigenvalue weighted by Gasteiger charge is -2.16. The lowest BCUT2D eigenvalue weighted by molar-refractivity contribution is 0.0859. The highest BCUT2D eigenvalue weighted by Gasteiger charge is 2.27.